The van der Waals surface area contributed by atoms with Crippen molar-refractivity contribution in [1.82, 2.24) is 15.1 Å². The van der Waals surface area contributed by atoms with Gasteiger partial charge in [0.1, 0.15) is 5.82 Å². The van der Waals surface area contributed by atoms with Gasteiger partial charge in [-0.25, -0.2) is 9.18 Å². The molecule has 0 aliphatic carbocycles. The Morgan fingerprint density at radius 3 is 3.04 bits per heavy atom. The minimum Gasteiger partial charge on any atom is -0.463 e. The molecular formula is C19H15BrFN3O3. The number of hydrogen-bond donors (Lipinski definition) is 0. The van der Waals surface area contributed by atoms with Crippen LogP contribution < -0.4 is 0 Å². The predicted octanol–water partition coefficient (Wildman–Crippen LogP) is 4.22. The van der Waals surface area contributed by atoms with Crippen LogP contribution >= 0.6 is 15.9 Å². The first-order valence-corrected chi connectivity index (χ1v) is 8.94. The predicted molar refractivity (Wildman–Crippen MR) is 99.9 cm³/mol. The van der Waals surface area contributed by atoms with Crippen LogP contribution in [0.3, 0.4) is 0 Å². The first-order valence-electron chi connectivity index (χ1n) is 8.15. The van der Waals surface area contributed by atoms with E-state index in [1.807, 2.05) is 6.07 Å². The van der Waals surface area contributed by atoms with Gasteiger partial charge in [-0.05, 0) is 42.8 Å². The summed E-state index contributed by atoms with van der Waals surface area (Å²) in [5, 5.41) is 3.89. The van der Waals surface area contributed by atoms with Crippen molar-refractivity contribution in [2.24, 2.45) is 0 Å². The average Bonchev–Trinajstić information content (AvgIpc) is 3.15. The molecule has 0 spiro atoms. The molecule has 0 atom stereocenters. The Morgan fingerprint density at radius 1 is 1.33 bits per heavy atom. The fourth-order valence-electron chi connectivity index (χ4n) is 2.21. The van der Waals surface area contributed by atoms with Crippen molar-refractivity contribution in [3.05, 3.63) is 70.5 Å². The van der Waals surface area contributed by atoms with Crippen molar-refractivity contribution in [3.63, 3.8) is 0 Å². The third-order valence-corrected chi connectivity index (χ3v) is 4.02. The molecule has 1 aromatic carbocycles. The van der Waals surface area contributed by atoms with E-state index >= 15 is 0 Å². The molecule has 3 rings (SSSR count). The number of aryl methyl sites for hydroxylation is 1. The summed E-state index contributed by atoms with van der Waals surface area (Å²) < 4.78 is 24.6. The molecule has 0 aliphatic rings. The maximum Gasteiger partial charge on any atom is 0.330 e. The van der Waals surface area contributed by atoms with Crippen LogP contribution in [0.15, 0.2) is 57.8 Å². The first kappa shape index (κ1) is 18.9. The van der Waals surface area contributed by atoms with Crippen LogP contribution in [0, 0.1) is 5.82 Å². The number of carbonyl (C=O) groups is 1. The number of carbonyl (C=O) groups excluding carboxylic acids is 1. The van der Waals surface area contributed by atoms with Crippen LogP contribution in [0.2, 0.25) is 0 Å². The smallest absolute Gasteiger partial charge is 0.330 e. The van der Waals surface area contributed by atoms with Crippen molar-refractivity contribution in [3.8, 4) is 11.4 Å². The van der Waals surface area contributed by atoms with Gasteiger partial charge < -0.3 is 9.26 Å². The zero-order chi connectivity index (χ0) is 19.1. The van der Waals surface area contributed by atoms with Gasteiger partial charge in [0, 0.05) is 40.5 Å². The number of ether oxygens (including phenoxy) is 1. The molecule has 2 aromatic heterocycles. The highest BCUT2D eigenvalue weighted by atomic mass is 79.9. The van der Waals surface area contributed by atoms with E-state index in [2.05, 4.69) is 31.1 Å². The van der Waals surface area contributed by atoms with Crippen molar-refractivity contribution in [2.75, 3.05) is 6.61 Å². The van der Waals surface area contributed by atoms with Crippen molar-refractivity contribution >= 4 is 28.0 Å². The maximum atomic E-state index is 13.6. The fraction of sp³-hybridized carbons (Fsp3) is 0.158. The van der Waals surface area contributed by atoms with Gasteiger partial charge in [-0.1, -0.05) is 21.1 Å². The third kappa shape index (κ3) is 5.55. The lowest BCUT2D eigenvalue weighted by molar-refractivity contribution is -0.137. The number of benzene rings is 1. The molecule has 138 valence electrons. The average molecular weight is 432 g/mol. The lowest BCUT2D eigenvalue weighted by atomic mass is 10.2. The van der Waals surface area contributed by atoms with Crippen LogP contribution in [0.4, 0.5) is 4.39 Å². The summed E-state index contributed by atoms with van der Waals surface area (Å²) in [6, 6.07) is 8.11. The second-order valence-electron chi connectivity index (χ2n) is 5.52. The Labute approximate surface area is 163 Å². The highest BCUT2D eigenvalue weighted by Crippen LogP contribution is 2.17. The minimum atomic E-state index is -0.545. The van der Waals surface area contributed by atoms with Gasteiger partial charge in [0.2, 0.25) is 11.7 Å². The monoisotopic (exact) mass is 431 g/mol. The van der Waals surface area contributed by atoms with Crippen molar-refractivity contribution in [2.45, 2.75) is 12.8 Å². The fourth-order valence-corrected chi connectivity index (χ4v) is 2.59. The summed E-state index contributed by atoms with van der Waals surface area (Å²) in [7, 11) is 0. The Kier molecular flexibility index (Phi) is 6.43. The molecule has 6 nitrogen and oxygen atoms in total. The summed E-state index contributed by atoms with van der Waals surface area (Å²) in [4.78, 5) is 20.0. The van der Waals surface area contributed by atoms with Crippen LogP contribution in [0.25, 0.3) is 17.5 Å². The van der Waals surface area contributed by atoms with Crippen molar-refractivity contribution < 1.29 is 18.4 Å². The summed E-state index contributed by atoms with van der Waals surface area (Å²) in [6.07, 6.45) is 6.89. The molecule has 0 amide bonds. The number of nitrogens with zero attached hydrogens (tertiary/aromatic N) is 3. The second-order valence-corrected chi connectivity index (χ2v) is 6.44. The molecule has 0 saturated heterocycles. The minimum absolute atomic E-state index is 0.189. The molecule has 0 aliphatic heterocycles. The number of hydrogen-bond acceptors (Lipinski definition) is 6. The summed E-state index contributed by atoms with van der Waals surface area (Å²) >= 11 is 3.25. The standard InChI is InChI=1S/C19H15BrFN3O3/c20-15-6-7-16(21)13(11-15)5-8-18(25)26-10-2-4-17-23-19(24-27-17)14-3-1-9-22-12-14/h1,3,5-9,11-12H,2,4,10H2/b8-5+. The first-order chi connectivity index (χ1) is 13.1. The summed E-state index contributed by atoms with van der Waals surface area (Å²) in [5.74, 6) is -0.0373. The van der Waals surface area contributed by atoms with Gasteiger partial charge in [0.15, 0.2) is 0 Å². The summed E-state index contributed by atoms with van der Waals surface area (Å²) in [5.41, 5.74) is 1.07. The molecular weight excluding hydrogens is 417 g/mol. The number of halogens is 2. The van der Waals surface area contributed by atoms with Crippen LogP contribution in [0.1, 0.15) is 17.9 Å². The number of esters is 1. The topological polar surface area (TPSA) is 78.1 Å². The van der Waals surface area contributed by atoms with Gasteiger partial charge in [0.25, 0.3) is 0 Å². The van der Waals surface area contributed by atoms with E-state index < -0.39 is 11.8 Å². The zero-order valence-electron chi connectivity index (χ0n) is 14.1. The Morgan fingerprint density at radius 2 is 2.22 bits per heavy atom. The molecule has 3 aromatic rings. The number of pyridine rings is 1. The van der Waals surface area contributed by atoms with E-state index in [-0.39, 0.29) is 6.61 Å². The van der Waals surface area contributed by atoms with Gasteiger partial charge in [-0.15, -0.1) is 0 Å². The van der Waals surface area contributed by atoms with Gasteiger partial charge in [-0.3, -0.25) is 4.98 Å². The number of rotatable bonds is 7. The SMILES string of the molecule is O=C(/C=C/c1cc(Br)ccc1F)OCCCc1nc(-c2cccnc2)no1. The Balaban J connectivity index is 1.44. The molecule has 0 saturated carbocycles. The van der Waals surface area contributed by atoms with Gasteiger partial charge >= 0.3 is 5.97 Å². The second kappa shape index (κ2) is 9.18. The lowest BCUT2D eigenvalue weighted by Crippen LogP contribution is -2.03. The van der Waals surface area contributed by atoms with Gasteiger partial charge in [-0.2, -0.15) is 4.98 Å². The molecule has 0 N–H and O–H groups in total. The van der Waals surface area contributed by atoms with Crippen LogP contribution in [0.5, 0.6) is 0 Å². The highest BCUT2D eigenvalue weighted by Gasteiger charge is 2.09. The number of aromatic nitrogens is 3. The van der Waals surface area contributed by atoms with E-state index in [4.69, 9.17) is 9.26 Å². The van der Waals surface area contributed by atoms with Crippen molar-refractivity contribution in [1.29, 1.82) is 0 Å². The molecule has 27 heavy (non-hydrogen) atoms. The van der Waals surface area contributed by atoms with E-state index in [0.717, 1.165) is 10.0 Å². The third-order valence-electron chi connectivity index (χ3n) is 3.52. The quantitative estimate of drug-likeness (QED) is 0.316. The molecule has 0 fully saturated rings. The zero-order valence-corrected chi connectivity index (χ0v) is 15.7. The molecule has 0 bridgehead atoms. The molecule has 8 heteroatoms. The molecule has 0 unspecified atom stereocenters. The molecule has 2 heterocycles. The Hall–Kier alpha value is -2.87. The van der Waals surface area contributed by atoms with E-state index in [0.29, 0.717) is 30.1 Å². The van der Waals surface area contributed by atoms with E-state index in [9.17, 15) is 9.18 Å². The highest BCUT2D eigenvalue weighted by molar-refractivity contribution is 9.10. The lowest BCUT2D eigenvalue weighted by Gasteiger charge is -2.00. The summed E-state index contributed by atoms with van der Waals surface area (Å²) in [6.45, 7) is 0.189. The molecule has 0 radical (unpaired) electrons. The van der Waals surface area contributed by atoms with E-state index in [1.165, 1.54) is 18.2 Å². The largest absolute Gasteiger partial charge is 0.463 e. The normalized spacial score (nSPS) is 11.0. The Bertz CT molecular complexity index is 944. The van der Waals surface area contributed by atoms with Gasteiger partial charge in [0.05, 0.1) is 6.61 Å². The van der Waals surface area contributed by atoms with E-state index in [1.54, 1.807) is 30.6 Å². The van der Waals surface area contributed by atoms with Crippen LogP contribution in [-0.2, 0) is 16.0 Å². The van der Waals surface area contributed by atoms with Crippen LogP contribution in [-0.4, -0.2) is 27.7 Å². The maximum absolute atomic E-state index is 13.6.